The number of rotatable bonds is 6. The van der Waals surface area contributed by atoms with E-state index in [2.05, 4.69) is 10.6 Å². The lowest BCUT2D eigenvalue weighted by Gasteiger charge is -2.22. The number of amides is 2. The minimum atomic E-state index is -3.78. The van der Waals surface area contributed by atoms with Crippen LogP contribution in [0.1, 0.15) is 20.8 Å². The highest BCUT2D eigenvalue weighted by Gasteiger charge is 2.27. The van der Waals surface area contributed by atoms with Crippen LogP contribution in [0.5, 0.6) is 0 Å². The molecule has 1 aromatic heterocycles. The molecule has 188 valence electrons. The van der Waals surface area contributed by atoms with Gasteiger partial charge in [0.2, 0.25) is 21.8 Å². The summed E-state index contributed by atoms with van der Waals surface area (Å²) in [5.41, 5.74) is 3.96. The fourth-order valence-electron chi connectivity index (χ4n) is 3.85. The van der Waals surface area contributed by atoms with Gasteiger partial charge in [0.15, 0.2) is 0 Å². The molecule has 2 amide bonds. The van der Waals surface area contributed by atoms with Crippen molar-refractivity contribution in [3.05, 3.63) is 66.7 Å². The van der Waals surface area contributed by atoms with E-state index < -0.39 is 21.8 Å². The number of halogens is 1. The van der Waals surface area contributed by atoms with E-state index in [1.165, 1.54) is 6.92 Å². The molecule has 0 saturated carbocycles. The Labute approximate surface area is 216 Å². The minimum absolute atomic E-state index is 0. The zero-order valence-corrected chi connectivity index (χ0v) is 21.9. The molecule has 0 spiro atoms. The van der Waals surface area contributed by atoms with Gasteiger partial charge in [0, 0.05) is 35.0 Å². The molecule has 4 rings (SSSR count). The molecule has 4 aromatic rings. The monoisotopic (exact) mass is 526 g/mol. The Kier molecular flexibility index (Phi) is 7.86. The number of pyridine rings is 1. The summed E-state index contributed by atoms with van der Waals surface area (Å²) in [6, 6.07) is 19.9. The molecule has 0 aliphatic rings. The predicted molar refractivity (Wildman–Crippen MR) is 148 cm³/mol. The number of hydrogen-bond donors (Lipinski definition) is 2. The molecule has 0 bridgehead atoms. The summed E-state index contributed by atoms with van der Waals surface area (Å²) >= 11 is 0. The second-order valence-corrected chi connectivity index (χ2v) is 10.4. The summed E-state index contributed by atoms with van der Waals surface area (Å²) in [4.78, 5) is 28.8. The zero-order valence-electron chi connectivity index (χ0n) is 20.3. The quantitative estimate of drug-likeness (QED) is 0.323. The fourth-order valence-corrected chi connectivity index (χ4v) is 4.89. The van der Waals surface area contributed by atoms with Crippen LogP contribution in [0.2, 0.25) is 0 Å². The first kappa shape index (κ1) is 26.9. The number of anilines is 4. The van der Waals surface area contributed by atoms with Crippen molar-refractivity contribution >= 4 is 78.8 Å². The number of aromatic nitrogens is 1. The first-order valence-electron chi connectivity index (χ1n) is 11.1. The topological polar surface area (TPSA) is 108 Å². The average molecular weight is 527 g/mol. The average Bonchev–Trinajstić information content (AvgIpc) is 2.78. The maximum atomic E-state index is 12.6. The van der Waals surface area contributed by atoms with E-state index >= 15 is 0 Å². The SMILES string of the molecule is CC(=O)Nc1ccc2c(Nc3ccc(N(C(=O)C(C)C)S(C)(=O)=O)cc3)c3ccccc3nc2c1.Cl. The van der Waals surface area contributed by atoms with Crippen molar-refractivity contribution in [3.63, 3.8) is 0 Å². The first-order chi connectivity index (χ1) is 16.5. The lowest BCUT2D eigenvalue weighted by Crippen LogP contribution is -2.38. The number of carbonyl (C=O) groups excluding carboxylic acids is 2. The third kappa shape index (κ3) is 5.58. The van der Waals surface area contributed by atoms with Gasteiger partial charge in [0.1, 0.15) is 0 Å². The van der Waals surface area contributed by atoms with Gasteiger partial charge >= 0.3 is 0 Å². The summed E-state index contributed by atoms with van der Waals surface area (Å²) in [6.07, 6.45) is 1.02. The molecular formula is C26H27ClN4O4S. The van der Waals surface area contributed by atoms with Gasteiger partial charge in [-0.05, 0) is 48.5 Å². The second-order valence-electron chi connectivity index (χ2n) is 8.61. The summed E-state index contributed by atoms with van der Waals surface area (Å²) in [6.45, 7) is 4.77. The maximum absolute atomic E-state index is 12.6. The Bertz CT molecular complexity index is 1550. The fraction of sp³-hybridized carbons (Fsp3) is 0.192. The standard InChI is InChI=1S/C26H26N4O4S.ClH/c1-16(2)26(32)30(35(4,33)34)20-12-9-18(10-13-20)28-25-21-7-5-6-8-23(21)29-24-15-19(27-17(3)31)11-14-22(24)25;/h5-16H,1-4H3,(H,27,31)(H,28,29);1H. The van der Waals surface area contributed by atoms with Crippen LogP contribution in [0, 0.1) is 5.92 Å². The number of carbonyl (C=O) groups is 2. The van der Waals surface area contributed by atoms with E-state index in [9.17, 15) is 18.0 Å². The van der Waals surface area contributed by atoms with Gasteiger partial charge in [-0.25, -0.2) is 17.7 Å². The summed E-state index contributed by atoms with van der Waals surface area (Å²) in [5.74, 6) is -1.13. The maximum Gasteiger partial charge on any atom is 0.243 e. The molecule has 10 heteroatoms. The van der Waals surface area contributed by atoms with E-state index in [-0.39, 0.29) is 24.0 Å². The van der Waals surface area contributed by atoms with Crippen LogP contribution in [-0.4, -0.2) is 31.5 Å². The minimum Gasteiger partial charge on any atom is -0.354 e. The van der Waals surface area contributed by atoms with Gasteiger partial charge in [0.05, 0.1) is 28.7 Å². The van der Waals surface area contributed by atoms with Crippen molar-refractivity contribution in [2.75, 3.05) is 21.2 Å². The highest BCUT2D eigenvalue weighted by Crippen LogP contribution is 2.35. The third-order valence-electron chi connectivity index (χ3n) is 5.40. The highest BCUT2D eigenvalue weighted by atomic mass is 35.5. The zero-order chi connectivity index (χ0) is 25.3. The first-order valence-corrected chi connectivity index (χ1v) is 12.9. The van der Waals surface area contributed by atoms with Gasteiger partial charge in [0.25, 0.3) is 0 Å². The lowest BCUT2D eigenvalue weighted by atomic mass is 10.1. The molecule has 8 nitrogen and oxygen atoms in total. The van der Waals surface area contributed by atoms with Gasteiger partial charge in [-0.1, -0.05) is 32.0 Å². The van der Waals surface area contributed by atoms with Crippen LogP contribution in [0.4, 0.5) is 22.7 Å². The number of nitrogens with one attached hydrogen (secondary N) is 2. The molecule has 1 heterocycles. The number of para-hydroxylation sites is 1. The molecule has 0 aliphatic heterocycles. The third-order valence-corrected chi connectivity index (χ3v) is 6.45. The van der Waals surface area contributed by atoms with Crippen molar-refractivity contribution in [2.24, 2.45) is 5.92 Å². The highest BCUT2D eigenvalue weighted by molar-refractivity contribution is 7.92. The van der Waals surface area contributed by atoms with E-state index in [0.717, 1.165) is 32.5 Å². The normalized spacial score (nSPS) is 11.2. The molecule has 0 unspecified atom stereocenters. The Morgan fingerprint density at radius 2 is 1.50 bits per heavy atom. The smallest absolute Gasteiger partial charge is 0.243 e. The van der Waals surface area contributed by atoms with Gasteiger partial charge < -0.3 is 10.6 Å². The number of hydrogen-bond acceptors (Lipinski definition) is 6. The number of fused-ring (bicyclic) bond motifs is 2. The Morgan fingerprint density at radius 3 is 2.11 bits per heavy atom. The number of nitrogens with zero attached hydrogens (tertiary/aromatic N) is 2. The van der Waals surface area contributed by atoms with Crippen LogP contribution in [-0.2, 0) is 19.6 Å². The second kappa shape index (κ2) is 10.5. The molecule has 0 fully saturated rings. The Hall–Kier alpha value is -3.69. The van der Waals surface area contributed by atoms with Crippen molar-refractivity contribution in [1.29, 1.82) is 0 Å². The molecular weight excluding hydrogens is 500 g/mol. The molecule has 0 atom stereocenters. The van der Waals surface area contributed by atoms with Gasteiger partial charge in [-0.2, -0.15) is 0 Å². The van der Waals surface area contributed by atoms with E-state index in [4.69, 9.17) is 4.98 Å². The molecule has 0 aliphatic carbocycles. The largest absolute Gasteiger partial charge is 0.354 e. The van der Waals surface area contributed by atoms with Crippen molar-refractivity contribution in [3.8, 4) is 0 Å². The van der Waals surface area contributed by atoms with Crippen LogP contribution in [0.3, 0.4) is 0 Å². The summed E-state index contributed by atoms with van der Waals surface area (Å²) in [7, 11) is -3.78. The van der Waals surface area contributed by atoms with E-state index in [0.29, 0.717) is 16.9 Å². The van der Waals surface area contributed by atoms with Crippen LogP contribution in [0.15, 0.2) is 66.7 Å². The van der Waals surface area contributed by atoms with Crippen LogP contribution >= 0.6 is 12.4 Å². The van der Waals surface area contributed by atoms with E-state index in [1.807, 2.05) is 42.5 Å². The van der Waals surface area contributed by atoms with Crippen molar-refractivity contribution < 1.29 is 18.0 Å². The molecule has 36 heavy (non-hydrogen) atoms. The van der Waals surface area contributed by atoms with E-state index in [1.54, 1.807) is 38.1 Å². The molecule has 3 aromatic carbocycles. The molecule has 0 saturated heterocycles. The Morgan fingerprint density at radius 1 is 0.889 bits per heavy atom. The Balaban J connectivity index is 0.00000361. The van der Waals surface area contributed by atoms with Gasteiger partial charge in [-0.3, -0.25) is 9.59 Å². The van der Waals surface area contributed by atoms with Crippen molar-refractivity contribution in [1.82, 2.24) is 4.98 Å². The van der Waals surface area contributed by atoms with Crippen LogP contribution in [0.25, 0.3) is 21.8 Å². The summed E-state index contributed by atoms with van der Waals surface area (Å²) in [5, 5.41) is 7.97. The molecule has 0 radical (unpaired) electrons. The lowest BCUT2D eigenvalue weighted by molar-refractivity contribution is -0.120. The number of sulfonamides is 1. The van der Waals surface area contributed by atoms with Crippen molar-refractivity contribution in [2.45, 2.75) is 20.8 Å². The van der Waals surface area contributed by atoms with Crippen LogP contribution < -0.4 is 14.9 Å². The van der Waals surface area contributed by atoms with Gasteiger partial charge in [-0.15, -0.1) is 12.4 Å². The number of benzene rings is 3. The summed E-state index contributed by atoms with van der Waals surface area (Å²) < 4.78 is 25.4. The predicted octanol–water partition coefficient (Wildman–Crippen LogP) is 5.46. The molecule has 2 N–H and O–H groups in total.